The van der Waals surface area contributed by atoms with Crippen LogP contribution in [0, 0.1) is 0 Å². The molecule has 2 heterocycles. The van der Waals surface area contributed by atoms with Crippen LogP contribution in [0.2, 0.25) is 0 Å². The number of esters is 1. The molecule has 0 amide bonds. The standard InChI is InChI=1S/C30H26N2O3S3/c1-19-26(29(34)35-18-21-7-5-4-6-8-21)27(22-11-15-24(37-3)16-12-22)32-28(33)25(38-30(32)31-19)17-20-9-13-23(36-2)14-10-20/h4-17,27H,18H2,1-3H3/b25-17+/t27-/m0/s1. The summed E-state index contributed by atoms with van der Waals surface area (Å²) in [5.74, 6) is -0.476. The highest BCUT2D eigenvalue weighted by molar-refractivity contribution is 7.98. The van der Waals surface area contributed by atoms with E-state index in [-0.39, 0.29) is 12.2 Å². The Balaban J connectivity index is 1.60. The summed E-state index contributed by atoms with van der Waals surface area (Å²) in [6, 6.07) is 24.9. The van der Waals surface area contributed by atoms with E-state index in [2.05, 4.69) is 0 Å². The molecule has 8 heteroatoms. The van der Waals surface area contributed by atoms with Crippen molar-refractivity contribution < 1.29 is 9.53 Å². The minimum Gasteiger partial charge on any atom is -0.457 e. The first-order chi connectivity index (χ1) is 18.5. The second-order valence-electron chi connectivity index (χ2n) is 8.69. The van der Waals surface area contributed by atoms with E-state index in [1.807, 2.05) is 97.5 Å². The minimum absolute atomic E-state index is 0.144. The first-order valence-electron chi connectivity index (χ1n) is 12.0. The molecule has 0 N–H and O–H groups in total. The zero-order valence-electron chi connectivity index (χ0n) is 21.2. The van der Waals surface area contributed by atoms with Crippen molar-refractivity contribution >= 4 is 46.9 Å². The molecule has 1 atom stereocenters. The van der Waals surface area contributed by atoms with E-state index in [4.69, 9.17) is 9.73 Å². The van der Waals surface area contributed by atoms with Crippen molar-refractivity contribution in [2.45, 2.75) is 29.4 Å². The molecule has 38 heavy (non-hydrogen) atoms. The summed E-state index contributed by atoms with van der Waals surface area (Å²) in [7, 11) is 0. The van der Waals surface area contributed by atoms with Crippen LogP contribution in [0.25, 0.3) is 6.08 Å². The maximum absolute atomic E-state index is 13.8. The summed E-state index contributed by atoms with van der Waals surface area (Å²) in [6.45, 7) is 1.95. The van der Waals surface area contributed by atoms with Gasteiger partial charge >= 0.3 is 5.97 Å². The highest BCUT2D eigenvalue weighted by atomic mass is 32.2. The third kappa shape index (κ3) is 5.43. The summed E-state index contributed by atoms with van der Waals surface area (Å²) in [4.78, 5) is 34.8. The number of allylic oxidation sites excluding steroid dienone is 1. The van der Waals surface area contributed by atoms with Gasteiger partial charge in [0.05, 0.1) is 21.8 Å². The molecule has 0 saturated carbocycles. The van der Waals surface area contributed by atoms with Gasteiger partial charge in [-0.3, -0.25) is 9.36 Å². The average molecular weight is 559 g/mol. The number of carbonyl (C=O) groups is 1. The number of aromatic nitrogens is 1. The van der Waals surface area contributed by atoms with E-state index in [1.165, 1.54) is 11.3 Å². The number of ether oxygens (including phenoxy) is 1. The van der Waals surface area contributed by atoms with Crippen LogP contribution in [-0.2, 0) is 16.1 Å². The second kappa shape index (κ2) is 11.6. The lowest BCUT2D eigenvalue weighted by Crippen LogP contribution is -2.39. The Morgan fingerprint density at radius 1 is 0.974 bits per heavy atom. The Labute approximate surface area is 233 Å². The second-order valence-corrected chi connectivity index (χ2v) is 11.5. The number of carbonyl (C=O) groups excluding carboxylic acids is 1. The van der Waals surface area contributed by atoms with Gasteiger partial charge in [0, 0.05) is 9.79 Å². The SMILES string of the molecule is CSc1ccc(/C=c2/sc3n(c2=O)[C@@H](c2ccc(SC)cc2)C(C(=O)OCc2ccccc2)=C(C)N=3)cc1. The molecule has 0 radical (unpaired) electrons. The molecule has 192 valence electrons. The first-order valence-corrected chi connectivity index (χ1v) is 15.3. The predicted molar refractivity (Wildman–Crippen MR) is 156 cm³/mol. The molecule has 0 aliphatic carbocycles. The molecule has 0 saturated heterocycles. The molecule has 1 aromatic heterocycles. The minimum atomic E-state index is -0.633. The van der Waals surface area contributed by atoms with Crippen molar-refractivity contribution in [2.75, 3.05) is 12.5 Å². The molecular formula is C30H26N2O3S3. The predicted octanol–water partition coefficient (Wildman–Crippen LogP) is 5.42. The van der Waals surface area contributed by atoms with Crippen molar-refractivity contribution in [3.05, 3.63) is 127 Å². The van der Waals surface area contributed by atoms with Gasteiger partial charge in [-0.15, -0.1) is 23.5 Å². The van der Waals surface area contributed by atoms with Gasteiger partial charge in [0.1, 0.15) is 6.61 Å². The van der Waals surface area contributed by atoms with Crippen molar-refractivity contribution in [2.24, 2.45) is 4.99 Å². The Kier molecular flexibility index (Phi) is 8.02. The van der Waals surface area contributed by atoms with Crippen LogP contribution in [0.15, 0.2) is 110 Å². The normalized spacial score (nSPS) is 15.2. The van der Waals surface area contributed by atoms with Crippen LogP contribution < -0.4 is 14.9 Å². The summed E-state index contributed by atoms with van der Waals surface area (Å²) in [5, 5.41) is 0. The van der Waals surface area contributed by atoms with Crippen molar-refractivity contribution in [3.63, 3.8) is 0 Å². The third-order valence-corrected chi connectivity index (χ3v) is 8.77. The highest BCUT2D eigenvalue weighted by Gasteiger charge is 2.33. The molecule has 4 aromatic rings. The Morgan fingerprint density at radius 2 is 1.61 bits per heavy atom. The van der Waals surface area contributed by atoms with E-state index in [0.717, 1.165) is 26.5 Å². The van der Waals surface area contributed by atoms with Crippen molar-refractivity contribution in [3.8, 4) is 0 Å². The maximum atomic E-state index is 13.8. The van der Waals surface area contributed by atoms with Crippen LogP contribution in [0.1, 0.15) is 29.7 Å². The Morgan fingerprint density at radius 3 is 2.24 bits per heavy atom. The molecule has 5 rings (SSSR count). The van der Waals surface area contributed by atoms with Gasteiger partial charge in [0.25, 0.3) is 5.56 Å². The van der Waals surface area contributed by atoms with Gasteiger partial charge < -0.3 is 4.74 Å². The van der Waals surface area contributed by atoms with Gasteiger partial charge in [-0.25, -0.2) is 9.79 Å². The van der Waals surface area contributed by atoms with E-state index in [9.17, 15) is 9.59 Å². The fraction of sp³-hybridized carbons (Fsp3) is 0.167. The van der Waals surface area contributed by atoms with E-state index < -0.39 is 12.0 Å². The molecular weight excluding hydrogens is 533 g/mol. The van der Waals surface area contributed by atoms with Gasteiger partial charge in [-0.05, 0) is 66.5 Å². The van der Waals surface area contributed by atoms with Crippen LogP contribution in [0.3, 0.4) is 0 Å². The number of hydrogen-bond acceptors (Lipinski definition) is 7. The number of fused-ring (bicyclic) bond motifs is 1. The van der Waals surface area contributed by atoms with E-state index in [0.29, 0.717) is 20.6 Å². The molecule has 0 fully saturated rings. The lowest BCUT2D eigenvalue weighted by Gasteiger charge is -2.25. The average Bonchev–Trinajstić information content (AvgIpc) is 3.26. The molecule has 0 spiro atoms. The number of rotatable bonds is 7. The maximum Gasteiger partial charge on any atom is 0.338 e. The van der Waals surface area contributed by atoms with Gasteiger partial charge in [-0.1, -0.05) is 65.9 Å². The summed E-state index contributed by atoms with van der Waals surface area (Å²) in [6.07, 6.45) is 5.93. The lowest BCUT2D eigenvalue weighted by molar-refractivity contribution is -0.140. The fourth-order valence-electron chi connectivity index (χ4n) is 4.34. The smallest absolute Gasteiger partial charge is 0.338 e. The first kappa shape index (κ1) is 26.3. The molecule has 3 aromatic carbocycles. The largest absolute Gasteiger partial charge is 0.457 e. The Hall–Kier alpha value is -3.33. The molecule has 1 aliphatic heterocycles. The molecule has 0 bridgehead atoms. The third-order valence-electron chi connectivity index (χ3n) is 6.30. The fourth-order valence-corrected chi connectivity index (χ4v) is 6.20. The number of thiazole rings is 1. The van der Waals surface area contributed by atoms with Crippen molar-refractivity contribution in [1.29, 1.82) is 0 Å². The quantitative estimate of drug-likeness (QED) is 0.224. The van der Waals surface area contributed by atoms with Crippen LogP contribution in [0.5, 0.6) is 0 Å². The summed E-state index contributed by atoms with van der Waals surface area (Å²) >= 11 is 4.64. The highest BCUT2D eigenvalue weighted by Crippen LogP contribution is 2.32. The van der Waals surface area contributed by atoms with Gasteiger partial charge in [-0.2, -0.15) is 0 Å². The molecule has 1 aliphatic rings. The van der Waals surface area contributed by atoms with Crippen molar-refractivity contribution in [1.82, 2.24) is 4.57 Å². The van der Waals surface area contributed by atoms with Crippen LogP contribution >= 0.6 is 34.9 Å². The van der Waals surface area contributed by atoms with Gasteiger partial charge in [0.2, 0.25) is 0 Å². The van der Waals surface area contributed by atoms with Gasteiger partial charge in [0.15, 0.2) is 4.80 Å². The zero-order valence-corrected chi connectivity index (χ0v) is 23.7. The van der Waals surface area contributed by atoms with E-state index in [1.54, 1.807) is 35.0 Å². The molecule has 5 nitrogen and oxygen atoms in total. The number of nitrogens with zero attached hydrogens (tertiary/aromatic N) is 2. The van der Waals surface area contributed by atoms with E-state index >= 15 is 0 Å². The Bertz CT molecular complexity index is 1670. The van der Waals surface area contributed by atoms with Crippen LogP contribution in [0.4, 0.5) is 0 Å². The van der Waals surface area contributed by atoms with Crippen LogP contribution in [-0.4, -0.2) is 23.0 Å². The number of hydrogen-bond donors (Lipinski definition) is 0. The lowest BCUT2D eigenvalue weighted by atomic mass is 9.96. The monoisotopic (exact) mass is 558 g/mol. The topological polar surface area (TPSA) is 60.7 Å². The number of thioether (sulfide) groups is 2. The summed E-state index contributed by atoms with van der Waals surface area (Å²) in [5.41, 5.74) is 3.42. The summed E-state index contributed by atoms with van der Waals surface area (Å²) < 4.78 is 7.93. The number of benzene rings is 3. The zero-order chi connectivity index (χ0) is 26.6. The molecule has 0 unspecified atom stereocenters.